The van der Waals surface area contributed by atoms with Gasteiger partial charge in [0.25, 0.3) is 0 Å². The van der Waals surface area contributed by atoms with Crippen molar-refractivity contribution in [2.75, 3.05) is 7.11 Å². The summed E-state index contributed by atoms with van der Waals surface area (Å²) in [7, 11) is 1.35. The van der Waals surface area contributed by atoms with Crippen LogP contribution in [0.3, 0.4) is 0 Å². The van der Waals surface area contributed by atoms with Crippen molar-refractivity contribution in [3.8, 4) is 0 Å². The van der Waals surface area contributed by atoms with Crippen LogP contribution in [0.4, 0.5) is 0 Å². The summed E-state index contributed by atoms with van der Waals surface area (Å²) in [6, 6.07) is 0. The molecule has 3 heteroatoms. The maximum Gasteiger partial charge on any atom is 0.306 e. The maximum absolute atomic E-state index is 11.0. The van der Waals surface area contributed by atoms with Crippen LogP contribution in [-0.4, -0.2) is 18.9 Å². The third-order valence-corrected chi connectivity index (χ3v) is 2.21. The average Bonchev–Trinajstić information content (AvgIpc) is 2.36. The first-order valence-corrected chi connectivity index (χ1v) is 3.94. The summed E-state index contributed by atoms with van der Waals surface area (Å²) in [5.74, 6) is -0.162. The number of allylic oxidation sites excluding steroid dienone is 1. The van der Waals surface area contributed by atoms with Crippen molar-refractivity contribution in [3.63, 3.8) is 0 Å². The quantitative estimate of drug-likeness (QED) is 0.458. The summed E-state index contributed by atoms with van der Waals surface area (Å²) in [6.45, 7) is 3.65. The number of ether oxygens (including phenoxy) is 1. The molecule has 0 radical (unpaired) electrons. The van der Waals surface area contributed by atoms with Crippen molar-refractivity contribution in [3.05, 3.63) is 12.2 Å². The highest BCUT2D eigenvalue weighted by atomic mass is 16.5. The number of ketones is 1. The van der Waals surface area contributed by atoms with Crippen LogP contribution < -0.4 is 0 Å². The lowest BCUT2D eigenvalue weighted by Crippen LogP contribution is -2.09. The molecule has 1 saturated carbocycles. The summed E-state index contributed by atoms with van der Waals surface area (Å²) in [4.78, 5) is 21.8. The zero-order valence-electron chi connectivity index (χ0n) is 7.13. The smallest absolute Gasteiger partial charge is 0.306 e. The Balaban J connectivity index is 2.50. The zero-order chi connectivity index (χ0) is 9.14. The number of esters is 1. The van der Waals surface area contributed by atoms with Gasteiger partial charge in [-0.2, -0.15) is 0 Å². The molecule has 0 N–H and O–H groups in total. The highest BCUT2D eigenvalue weighted by Crippen LogP contribution is 2.29. The lowest BCUT2D eigenvalue weighted by Gasteiger charge is -2.06. The Bertz CT molecular complexity index is 230. The molecule has 0 aromatic carbocycles. The van der Waals surface area contributed by atoms with Gasteiger partial charge in [0, 0.05) is 6.42 Å². The lowest BCUT2D eigenvalue weighted by molar-refractivity contribution is -0.141. The molecule has 1 rings (SSSR count). The van der Waals surface area contributed by atoms with Gasteiger partial charge in [-0.05, 0) is 17.9 Å². The number of carbonyl (C=O) groups excluding carboxylic acids is 2. The summed E-state index contributed by atoms with van der Waals surface area (Å²) >= 11 is 0. The predicted molar refractivity (Wildman–Crippen MR) is 43.5 cm³/mol. The monoisotopic (exact) mass is 168 g/mol. The van der Waals surface area contributed by atoms with E-state index in [9.17, 15) is 9.59 Å². The topological polar surface area (TPSA) is 43.4 Å². The van der Waals surface area contributed by atoms with Crippen molar-refractivity contribution in [1.29, 1.82) is 0 Å². The van der Waals surface area contributed by atoms with Crippen molar-refractivity contribution in [2.45, 2.75) is 19.3 Å². The Kier molecular flexibility index (Phi) is 2.63. The molecule has 0 aromatic heterocycles. The van der Waals surface area contributed by atoms with E-state index in [2.05, 4.69) is 11.3 Å². The van der Waals surface area contributed by atoms with Crippen molar-refractivity contribution in [2.24, 2.45) is 5.92 Å². The van der Waals surface area contributed by atoms with Gasteiger partial charge in [0.05, 0.1) is 13.5 Å². The Morgan fingerprint density at radius 2 is 2.42 bits per heavy atom. The molecule has 1 unspecified atom stereocenters. The molecule has 0 saturated heterocycles. The molecule has 12 heavy (non-hydrogen) atoms. The lowest BCUT2D eigenvalue weighted by atomic mass is 10.0. The number of rotatable bonds is 2. The van der Waals surface area contributed by atoms with E-state index in [1.165, 1.54) is 7.11 Å². The van der Waals surface area contributed by atoms with E-state index >= 15 is 0 Å². The third-order valence-electron chi connectivity index (χ3n) is 2.21. The number of hydrogen-bond acceptors (Lipinski definition) is 3. The normalized spacial score (nSPS) is 22.9. The highest BCUT2D eigenvalue weighted by Gasteiger charge is 2.28. The van der Waals surface area contributed by atoms with Gasteiger partial charge in [0.15, 0.2) is 5.78 Å². The largest absolute Gasteiger partial charge is 0.469 e. The standard InChI is InChI=1S/C9H12O3/c1-6-7(3-4-8(6)10)5-9(11)12-2/h7H,1,3-5H2,2H3. The fourth-order valence-corrected chi connectivity index (χ4v) is 1.38. The van der Waals surface area contributed by atoms with Crippen molar-refractivity contribution < 1.29 is 14.3 Å². The molecule has 1 aliphatic carbocycles. The molecule has 1 atom stereocenters. The number of Topliss-reactive ketones (excluding diaryl/α,β-unsaturated/α-hetero) is 1. The van der Waals surface area contributed by atoms with Crippen molar-refractivity contribution in [1.82, 2.24) is 0 Å². The van der Waals surface area contributed by atoms with E-state index in [1.807, 2.05) is 0 Å². The fourth-order valence-electron chi connectivity index (χ4n) is 1.38. The van der Waals surface area contributed by atoms with Crippen LogP contribution in [0.1, 0.15) is 19.3 Å². The van der Waals surface area contributed by atoms with Crippen LogP contribution in [0.5, 0.6) is 0 Å². The molecule has 1 fully saturated rings. The minimum atomic E-state index is -0.268. The molecule has 0 heterocycles. The predicted octanol–water partition coefficient (Wildman–Crippen LogP) is 1.08. The molecular formula is C9H12O3. The minimum absolute atomic E-state index is 0.0185. The molecule has 0 aliphatic heterocycles. The molecule has 0 aromatic rings. The fraction of sp³-hybridized carbons (Fsp3) is 0.556. The second kappa shape index (κ2) is 3.52. The molecule has 3 nitrogen and oxygen atoms in total. The van der Waals surface area contributed by atoms with Gasteiger partial charge in [-0.25, -0.2) is 0 Å². The Labute approximate surface area is 71.4 Å². The average molecular weight is 168 g/mol. The van der Waals surface area contributed by atoms with E-state index in [-0.39, 0.29) is 17.7 Å². The SMILES string of the molecule is C=C1C(=O)CCC1CC(=O)OC. The number of hydrogen-bond donors (Lipinski definition) is 0. The molecule has 0 amide bonds. The molecular weight excluding hydrogens is 156 g/mol. The van der Waals surface area contributed by atoms with Crippen LogP contribution in [0.15, 0.2) is 12.2 Å². The molecule has 0 bridgehead atoms. The zero-order valence-corrected chi connectivity index (χ0v) is 7.13. The Morgan fingerprint density at radius 1 is 1.75 bits per heavy atom. The first-order valence-electron chi connectivity index (χ1n) is 3.94. The van der Waals surface area contributed by atoms with E-state index in [4.69, 9.17) is 0 Å². The minimum Gasteiger partial charge on any atom is -0.469 e. The van der Waals surface area contributed by atoms with Crippen molar-refractivity contribution >= 4 is 11.8 Å². The van der Waals surface area contributed by atoms with Crippen LogP contribution in [0, 0.1) is 5.92 Å². The van der Waals surface area contributed by atoms with Crippen LogP contribution in [0.2, 0.25) is 0 Å². The van der Waals surface area contributed by atoms with E-state index < -0.39 is 0 Å². The maximum atomic E-state index is 11.0. The van der Waals surface area contributed by atoms with E-state index in [0.29, 0.717) is 18.4 Å². The van der Waals surface area contributed by atoms with Gasteiger partial charge in [0.1, 0.15) is 0 Å². The van der Waals surface area contributed by atoms with Crippen LogP contribution >= 0.6 is 0 Å². The first kappa shape index (κ1) is 8.97. The van der Waals surface area contributed by atoms with Gasteiger partial charge in [0.2, 0.25) is 0 Å². The summed E-state index contributed by atoms with van der Waals surface area (Å²) in [5, 5.41) is 0. The van der Waals surface area contributed by atoms with Crippen LogP contribution in [0.25, 0.3) is 0 Å². The summed E-state index contributed by atoms with van der Waals surface area (Å²) in [6.07, 6.45) is 1.56. The van der Waals surface area contributed by atoms with E-state index in [0.717, 1.165) is 6.42 Å². The highest BCUT2D eigenvalue weighted by molar-refractivity contribution is 5.98. The molecule has 0 spiro atoms. The Hall–Kier alpha value is -1.12. The summed E-state index contributed by atoms with van der Waals surface area (Å²) < 4.78 is 4.50. The van der Waals surface area contributed by atoms with E-state index in [1.54, 1.807) is 0 Å². The van der Waals surface area contributed by atoms with Gasteiger partial charge in [-0.3, -0.25) is 9.59 Å². The molecule has 66 valence electrons. The van der Waals surface area contributed by atoms with Gasteiger partial charge in [-0.1, -0.05) is 6.58 Å². The first-order chi connectivity index (χ1) is 5.65. The number of carbonyl (C=O) groups is 2. The van der Waals surface area contributed by atoms with Crippen LogP contribution in [-0.2, 0) is 14.3 Å². The second-order valence-electron chi connectivity index (χ2n) is 2.96. The Morgan fingerprint density at radius 3 is 2.83 bits per heavy atom. The summed E-state index contributed by atoms with van der Waals surface area (Å²) in [5.41, 5.74) is 0.584. The van der Waals surface area contributed by atoms with Gasteiger partial charge in [-0.15, -0.1) is 0 Å². The second-order valence-corrected chi connectivity index (χ2v) is 2.96. The van der Waals surface area contributed by atoms with Gasteiger partial charge < -0.3 is 4.74 Å². The van der Waals surface area contributed by atoms with Gasteiger partial charge >= 0.3 is 5.97 Å². The third kappa shape index (κ3) is 1.72. The number of methoxy groups -OCH3 is 1. The molecule has 1 aliphatic rings.